The molecule has 1 rings (SSSR count). The highest BCUT2D eigenvalue weighted by Gasteiger charge is 2.10. The summed E-state index contributed by atoms with van der Waals surface area (Å²) < 4.78 is 18.4. The fraction of sp³-hybridized carbons (Fsp3) is 0.455. The molecule has 1 aromatic carbocycles. The third-order valence-corrected chi connectivity index (χ3v) is 1.83. The van der Waals surface area contributed by atoms with Crippen molar-refractivity contribution in [1.29, 1.82) is 0 Å². The van der Waals surface area contributed by atoms with Gasteiger partial charge in [0.1, 0.15) is 11.6 Å². The molecule has 3 heteroatoms. The van der Waals surface area contributed by atoms with Gasteiger partial charge in [-0.25, -0.2) is 4.39 Å². The number of hydrogen-bond donors (Lipinski definition) is 1. The molecule has 0 aliphatic carbocycles. The molecule has 0 saturated heterocycles. The average molecular weight is 197 g/mol. The fourth-order valence-corrected chi connectivity index (χ4v) is 1.24. The van der Waals surface area contributed by atoms with Crippen molar-refractivity contribution < 1.29 is 9.13 Å². The number of ether oxygens (including phenoxy) is 1. The van der Waals surface area contributed by atoms with E-state index < -0.39 is 0 Å². The monoisotopic (exact) mass is 197 g/mol. The van der Waals surface area contributed by atoms with Gasteiger partial charge in [0.15, 0.2) is 0 Å². The van der Waals surface area contributed by atoms with Crippen LogP contribution in [0.25, 0.3) is 0 Å². The molecule has 1 aromatic rings. The minimum absolute atomic E-state index is 0.0676. The molecular weight excluding hydrogens is 181 g/mol. The zero-order chi connectivity index (χ0) is 10.7. The molecule has 2 nitrogen and oxygen atoms in total. The zero-order valence-corrected chi connectivity index (χ0v) is 8.75. The van der Waals surface area contributed by atoms with Crippen LogP contribution >= 0.6 is 0 Å². The van der Waals surface area contributed by atoms with Crippen LogP contribution in [0.4, 0.5) is 4.39 Å². The molecule has 0 aliphatic heterocycles. The van der Waals surface area contributed by atoms with Gasteiger partial charge < -0.3 is 10.5 Å². The van der Waals surface area contributed by atoms with Crippen LogP contribution in [0.3, 0.4) is 0 Å². The van der Waals surface area contributed by atoms with Crippen LogP contribution in [-0.2, 0) is 0 Å². The third kappa shape index (κ3) is 2.70. The lowest BCUT2D eigenvalue weighted by Gasteiger charge is -2.16. The van der Waals surface area contributed by atoms with Crippen molar-refractivity contribution in [2.45, 2.75) is 32.9 Å². The predicted molar refractivity (Wildman–Crippen MR) is 54.8 cm³/mol. The number of halogens is 1. The standard InChI is InChI=1S/C11H16FNO/c1-7(2)14-11-5-4-9(12)6-10(11)8(3)13/h4-8H,13H2,1-3H3/t8-/m0/s1. The van der Waals surface area contributed by atoms with E-state index in [1.54, 1.807) is 6.07 Å². The fourth-order valence-electron chi connectivity index (χ4n) is 1.24. The van der Waals surface area contributed by atoms with Gasteiger partial charge in [-0.15, -0.1) is 0 Å². The van der Waals surface area contributed by atoms with E-state index in [0.29, 0.717) is 11.3 Å². The van der Waals surface area contributed by atoms with Gasteiger partial charge in [-0.1, -0.05) is 0 Å². The summed E-state index contributed by atoms with van der Waals surface area (Å²) in [5.74, 6) is 0.379. The summed E-state index contributed by atoms with van der Waals surface area (Å²) in [6.45, 7) is 5.66. The molecule has 0 unspecified atom stereocenters. The quantitative estimate of drug-likeness (QED) is 0.808. The minimum Gasteiger partial charge on any atom is -0.491 e. The Labute approximate surface area is 83.9 Å². The molecule has 14 heavy (non-hydrogen) atoms. The Bertz CT molecular complexity index is 310. The van der Waals surface area contributed by atoms with E-state index in [2.05, 4.69) is 0 Å². The first kappa shape index (κ1) is 11.0. The van der Waals surface area contributed by atoms with Gasteiger partial charge in [0.2, 0.25) is 0 Å². The number of benzene rings is 1. The molecule has 0 amide bonds. The van der Waals surface area contributed by atoms with Crippen molar-refractivity contribution in [3.63, 3.8) is 0 Å². The summed E-state index contributed by atoms with van der Waals surface area (Å²) in [5, 5.41) is 0. The van der Waals surface area contributed by atoms with Crippen molar-refractivity contribution in [2.24, 2.45) is 5.73 Å². The normalized spacial score (nSPS) is 13.0. The van der Waals surface area contributed by atoms with Gasteiger partial charge in [0.25, 0.3) is 0 Å². The lowest BCUT2D eigenvalue weighted by molar-refractivity contribution is 0.238. The predicted octanol–water partition coefficient (Wildman–Crippen LogP) is 2.63. The van der Waals surface area contributed by atoms with Crippen LogP contribution in [0, 0.1) is 5.82 Å². The van der Waals surface area contributed by atoms with Crippen molar-refractivity contribution >= 4 is 0 Å². The van der Waals surface area contributed by atoms with Crippen LogP contribution in [0.15, 0.2) is 18.2 Å². The minimum atomic E-state index is -0.284. The van der Waals surface area contributed by atoms with E-state index in [9.17, 15) is 4.39 Å². The second-order valence-electron chi connectivity index (χ2n) is 3.64. The van der Waals surface area contributed by atoms with E-state index in [4.69, 9.17) is 10.5 Å². The molecule has 78 valence electrons. The first-order chi connectivity index (χ1) is 6.50. The van der Waals surface area contributed by atoms with Gasteiger partial charge in [0.05, 0.1) is 6.10 Å². The molecule has 0 bridgehead atoms. The van der Waals surface area contributed by atoms with Gasteiger partial charge in [-0.3, -0.25) is 0 Å². The third-order valence-electron chi connectivity index (χ3n) is 1.83. The Kier molecular flexibility index (Phi) is 3.47. The van der Waals surface area contributed by atoms with Gasteiger partial charge in [0, 0.05) is 11.6 Å². The molecule has 2 N–H and O–H groups in total. The maximum absolute atomic E-state index is 12.9. The van der Waals surface area contributed by atoms with Crippen molar-refractivity contribution in [3.8, 4) is 5.75 Å². The Morgan fingerprint density at radius 1 is 1.29 bits per heavy atom. The molecule has 1 atom stereocenters. The van der Waals surface area contributed by atoms with Crippen LogP contribution < -0.4 is 10.5 Å². The molecule has 0 spiro atoms. The highest BCUT2D eigenvalue weighted by molar-refractivity contribution is 5.36. The van der Waals surface area contributed by atoms with Gasteiger partial charge in [-0.05, 0) is 39.0 Å². The first-order valence-corrected chi connectivity index (χ1v) is 4.72. The topological polar surface area (TPSA) is 35.2 Å². The lowest BCUT2D eigenvalue weighted by atomic mass is 10.1. The number of hydrogen-bond acceptors (Lipinski definition) is 2. The Morgan fingerprint density at radius 2 is 1.93 bits per heavy atom. The Morgan fingerprint density at radius 3 is 2.43 bits per heavy atom. The average Bonchev–Trinajstić information content (AvgIpc) is 2.07. The second-order valence-corrected chi connectivity index (χ2v) is 3.64. The van der Waals surface area contributed by atoms with Crippen molar-refractivity contribution in [1.82, 2.24) is 0 Å². The number of nitrogens with two attached hydrogens (primary N) is 1. The van der Waals surface area contributed by atoms with E-state index in [1.165, 1.54) is 12.1 Å². The van der Waals surface area contributed by atoms with Crippen LogP contribution in [0.5, 0.6) is 5.75 Å². The van der Waals surface area contributed by atoms with Gasteiger partial charge in [-0.2, -0.15) is 0 Å². The van der Waals surface area contributed by atoms with E-state index in [-0.39, 0.29) is 18.0 Å². The molecule has 0 fully saturated rings. The van der Waals surface area contributed by atoms with Crippen LogP contribution in [0.1, 0.15) is 32.4 Å². The van der Waals surface area contributed by atoms with E-state index in [1.807, 2.05) is 20.8 Å². The highest BCUT2D eigenvalue weighted by Crippen LogP contribution is 2.25. The Balaban J connectivity index is 3.02. The SMILES string of the molecule is CC(C)Oc1ccc(F)cc1[C@H](C)N. The highest BCUT2D eigenvalue weighted by atomic mass is 19.1. The van der Waals surface area contributed by atoms with E-state index in [0.717, 1.165) is 0 Å². The largest absolute Gasteiger partial charge is 0.491 e. The molecule has 0 heterocycles. The Hall–Kier alpha value is -1.09. The summed E-state index contributed by atoms with van der Waals surface area (Å²) in [7, 11) is 0. The second kappa shape index (κ2) is 4.42. The summed E-state index contributed by atoms with van der Waals surface area (Å²) in [6, 6.07) is 4.19. The van der Waals surface area contributed by atoms with Crippen LogP contribution in [0.2, 0.25) is 0 Å². The first-order valence-electron chi connectivity index (χ1n) is 4.72. The molecule has 0 aliphatic rings. The molecule has 0 radical (unpaired) electrons. The molecule has 0 aromatic heterocycles. The maximum Gasteiger partial charge on any atom is 0.124 e. The van der Waals surface area contributed by atoms with E-state index >= 15 is 0 Å². The lowest BCUT2D eigenvalue weighted by Crippen LogP contribution is -2.12. The summed E-state index contributed by atoms with van der Waals surface area (Å²) >= 11 is 0. The molecule has 0 saturated carbocycles. The summed E-state index contributed by atoms with van der Waals surface area (Å²) in [4.78, 5) is 0. The smallest absolute Gasteiger partial charge is 0.124 e. The maximum atomic E-state index is 12.9. The number of rotatable bonds is 3. The zero-order valence-electron chi connectivity index (χ0n) is 8.75. The van der Waals surface area contributed by atoms with Gasteiger partial charge >= 0.3 is 0 Å². The van der Waals surface area contributed by atoms with Crippen LogP contribution in [-0.4, -0.2) is 6.10 Å². The summed E-state index contributed by atoms with van der Waals surface area (Å²) in [5.41, 5.74) is 6.42. The molecular formula is C11H16FNO. The van der Waals surface area contributed by atoms with Crippen molar-refractivity contribution in [3.05, 3.63) is 29.6 Å². The summed E-state index contributed by atoms with van der Waals surface area (Å²) in [6.07, 6.45) is 0.0676. The van der Waals surface area contributed by atoms with Crippen molar-refractivity contribution in [2.75, 3.05) is 0 Å².